The molecule has 2 atom stereocenters. The number of unbranched alkanes of at least 4 members (excludes halogenated alkanes) is 1. The highest BCUT2D eigenvalue weighted by atomic mass is 19.1. The molecule has 0 bridgehead atoms. The van der Waals surface area contributed by atoms with Crippen molar-refractivity contribution >= 4 is 0 Å². The highest BCUT2D eigenvalue weighted by Gasteiger charge is 2.15. The van der Waals surface area contributed by atoms with Crippen LogP contribution in [-0.4, -0.2) is 13.6 Å². The Morgan fingerprint density at radius 1 is 1.10 bits per heavy atom. The molecule has 0 saturated carbocycles. The van der Waals surface area contributed by atoms with Crippen LogP contribution in [0.3, 0.4) is 0 Å². The summed E-state index contributed by atoms with van der Waals surface area (Å²) in [6.07, 6.45) is 7.55. The van der Waals surface area contributed by atoms with Gasteiger partial charge in [0.2, 0.25) is 0 Å². The molecule has 1 nitrogen and oxygen atoms in total. The van der Waals surface area contributed by atoms with Crippen LogP contribution < -0.4 is 5.32 Å². The zero-order chi connectivity index (χ0) is 14.8. The van der Waals surface area contributed by atoms with Gasteiger partial charge in [-0.25, -0.2) is 4.39 Å². The van der Waals surface area contributed by atoms with Gasteiger partial charge < -0.3 is 5.32 Å². The average molecular weight is 279 g/mol. The molecule has 0 aliphatic carbocycles. The molecule has 0 fully saturated rings. The second-order valence-corrected chi connectivity index (χ2v) is 5.91. The Balaban J connectivity index is 2.55. The van der Waals surface area contributed by atoms with Gasteiger partial charge in [0, 0.05) is 0 Å². The summed E-state index contributed by atoms with van der Waals surface area (Å²) in [5.74, 6) is 1.33. The second-order valence-electron chi connectivity index (χ2n) is 5.91. The lowest BCUT2D eigenvalue weighted by atomic mass is 9.85. The molecule has 0 aliphatic heterocycles. The standard InChI is InChI=1S/C18H30FN/c1-4-6-7-15(5-2)12-17(14-20-3)13-16-8-10-18(19)11-9-16/h8-11,15,17,20H,4-7,12-14H2,1-3H3. The summed E-state index contributed by atoms with van der Waals surface area (Å²) in [5.41, 5.74) is 1.25. The average Bonchev–Trinajstić information content (AvgIpc) is 2.46. The number of rotatable bonds is 10. The van der Waals surface area contributed by atoms with E-state index < -0.39 is 0 Å². The predicted molar refractivity (Wildman–Crippen MR) is 85.4 cm³/mol. The zero-order valence-corrected chi connectivity index (χ0v) is 13.3. The van der Waals surface area contributed by atoms with Crippen LogP contribution in [0.4, 0.5) is 4.39 Å². The molecule has 0 radical (unpaired) electrons. The van der Waals surface area contributed by atoms with Gasteiger partial charge in [-0.05, 0) is 56.0 Å². The van der Waals surface area contributed by atoms with E-state index in [1.54, 1.807) is 12.1 Å². The summed E-state index contributed by atoms with van der Waals surface area (Å²) in [6, 6.07) is 6.98. The summed E-state index contributed by atoms with van der Waals surface area (Å²) in [5, 5.41) is 3.31. The van der Waals surface area contributed by atoms with Gasteiger partial charge in [-0.15, -0.1) is 0 Å². The van der Waals surface area contributed by atoms with E-state index in [2.05, 4.69) is 19.2 Å². The molecule has 20 heavy (non-hydrogen) atoms. The summed E-state index contributed by atoms with van der Waals surface area (Å²) in [6.45, 7) is 5.60. The molecule has 0 aliphatic rings. The Morgan fingerprint density at radius 3 is 2.35 bits per heavy atom. The van der Waals surface area contributed by atoms with E-state index in [1.165, 1.54) is 37.7 Å². The molecule has 0 heterocycles. The van der Waals surface area contributed by atoms with Crippen LogP contribution in [0.5, 0.6) is 0 Å². The van der Waals surface area contributed by atoms with Gasteiger partial charge in [0.05, 0.1) is 0 Å². The summed E-state index contributed by atoms with van der Waals surface area (Å²) in [7, 11) is 2.02. The summed E-state index contributed by atoms with van der Waals surface area (Å²) < 4.78 is 13.0. The third-order valence-corrected chi connectivity index (χ3v) is 4.14. The number of hydrogen-bond acceptors (Lipinski definition) is 1. The lowest BCUT2D eigenvalue weighted by Gasteiger charge is -2.23. The number of hydrogen-bond donors (Lipinski definition) is 1. The van der Waals surface area contributed by atoms with Crippen molar-refractivity contribution in [2.75, 3.05) is 13.6 Å². The van der Waals surface area contributed by atoms with E-state index in [9.17, 15) is 4.39 Å². The van der Waals surface area contributed by atoms with Crippen molar-refractivity contribution in [3.63, 3.8) is 0 Å². The van der Waals surface area contributed by atoms with Crippen molar-refractivity contribution < 1.29 is 4.39 Å². The first-order valence-electron chi connectivity index (χ1n) is 8.08. The minimum absolute atomic E-state index is 0.145. The number of nitrogens with one attached hydrogen (secondary N) is 1. The summed E-state index contributed by atoms with van der Waals surface area (Å²) in [4.78, 5) is 0. The largest absolute Gasteiger partial charge is 0.319 e. The lowest BCUT2D eigenvalue weighted by molar-refractivity contribution is 0.329. The van der Waals surface area contributed by atoms with Gasteiger partial charge in [-0.2, -0.15) is 0 Å². The normalized spacial score (nSPS) is 14.2. The summed E-state index contributed by atoms with van der Waals surface area (Å²) >= 11 is 0. The Bertz CT molecular complexity index is 347. The topological polar surface area (TPSA) is 12.0 Å². The van der Waals surface area contributed by atoms with Crippen molar-refractivity contribution in [1.29, 1.82) is 0 Å². The second kappa shape index (κ2) is 9.93. The van der Waals surface area contributed by atoms with Crippen LogP contribution in [0.15, 0.2) is 24.3 Å². The molecular weight excluding hydrogens is 249 g/mol. The Labute approximate surface area is 124 Å². The van der Waals surface area contributed by atoms with E-state index in [0.29, 0.717) is 5.92 Å². The Kier molecular flexibility index (Phi) is 8.52. The molecule has 1 rings (SSSR count). The minimum Gasteiger partial charge on any atom is -0.319 e. The molecule has 2 unspecified atom stereocenters. The van der Waals surface area contributed by atoms with Gasteiger partial charge in [0.15, 0.2) is 0 Å². The van der Waals surface area contributed by atoms with Gasteiger partial charge >= 0.3 is 0 Å². The van der Waals surface area contributed by atoms with Gasteiger partial charge in [0.1, 0.15) is 5.82 Å². The molecule has 0 spiro atoms. The monoisotopic (exact) mass is 279 g/mol. The molecule has 0 aromatic heterocycles. The van der Waals surface area contributed by atoms with Gasteiger partial charge in [-0.3, -0.25) is 0 Å². The molecule has 114 valence electrons. The first-order valence-corrected chi connectivity index (χ1v) is 8.08. The fourth-order valence-corrected chi connectivity index (χ4v) is 2.93. The lowest BCUT2D eigenvalue weighted by Crippen LogP contribution is -2.23. The van der Waals surface area contributed by atoms with Crippen LogP contribution in [0.25, 0.3) is 0 Å². The molecule has 1 N–H and O–H groups in total. The third-order valence-electron chi connectivity index (χ3n) is 4.14. The third kappa shape index (κ3) is 6.51. The molecule has 1 aromatic rings. The van der Waals surface area contributed by atoms with Gasteiger partial charge in [-0.1, -0.05) is 51.7 Å². The molecular formula is C18H30FN. The maximum atomic E-state index is 13.0. The van der Waals surface area contributed by atoms with E-state index in [-0.39, 0.29) is 5.82 Å². The first-order chi connectivity index (χ1) is 9.69. The minimum atomic E-state index is -0.145. The maximum Gasteiger partial charge on any atom is 0.123 e. The molecule has 0 amide bonds. The van der Waals surface area contributed by atoms with E-state index in [1.807, 2.05) is 19.2 Å². The van der Waals surface area contributed by atoms with Crippen LogP contribution >= 0.6 is 0 Å². The number of benzene rings is 1. The van der Waals surface area contributed by atoms with E-state index in [0.717, 1.165) is 18.9 Å². The Hall–Kier alpha value is -0.890. The van der Waals surface area contributed by atoms with Crippen LogP contribution in [0, 0.1) is 17.7 Å². The quantitative estimate of drug-likeness (QED) is 0.648. The smallest absolute Gasteiger partial charge is 0.123 e. The van der Waals surface area contributed by atoms with Crippen molar-refractivity contribution in [3.8, 4) is 0 Å². The van der Waals surface area contributed by atoms with Crippen molar-refractivity contribution in [1.82, 2.24) is 5.32 Å². The zero-order valence-electron chi connectivity index (χ0n) is 13.3. The first kappa shape index (κ1) is 17.2. The van der Waals surface area contributed by atoms with Crippen LogP contribution in [0.2, 0.25) is 0 Å². The molecule has 1 aromatic carbocycles. The molecule has 2 heteroatoms. The van der Waals surface area contributed by atoms with E-state index >= 15 is 0 Å². The van der Waals surface area contributed by atoms with Crippen LogP contribution in [-0.2, 0) is 6.42 Å². The fraction of sp³-hybridized carbons (Fsp3) is 0.667. The van der Waals surface area contributed by atoms with Crippen LogP contribution in [0.1, 0.15) is 51.5 Å². The highest BCUT2D eigenvalue weighted by molar-refractivity contribution is 5.16. The SMILES string of the molecule is CCCCC(CC)CC(CNC)Cc1ccc(F)cc1. The predicted octanol–water partition coefficient (Wildman–Crippen LogP) is 4.81. The van der Waals surface area contributed by atoms with Crippen molar-refractivity contribution in [2.45, 2.75) is 52.4 Å². The highest BCUT2D eigenvalue weighted by Crippen LogP contribution is 2.24. The van der Waals surface area contributed by atoms with E-state index in [4.69, 9.17) is 0 Å². The van der Waals surface area contributed by atoms with Gasteiger partial charge in [0.25, 0.3) is 0 Å². The van der Waals surface area contributed by atoms with Crippen molar-refractivity contribution in [2.24, 2.45) is 11.8 Å². The number of halogens is 1. The maximum absolute atomic E-state index is 13.0. The van der Waals surface area contributed by atoms with Crippen molar-refractivity contribution in [3.05, 3.63) is 35.6 Å². The fourth-order valence-electron chi connectivity index (χ4n) is 2.93. The Morgan fingerprint density at radius 2 is 1.80 bits per heavy atom. The molecule has 0 saturated heterocycles.